The van der Waals surface area contributed by atoms with Crippen molar-refractivity contribution in [2.75, 3.05) is 0 Å². The third kappa shape index (κ3) is 2.72. The molecule has 100 valence electrons. The minimum absolute atomic E-state index is 0.102. The molecule has 1 aromatic rings. The highest BCUT2D eigenvalue weighted by Gasteiger charge is 2.41. The maximum atomic E-state index is 13.2. The zero-order valence-electron chi connectivity index (χ0n) is 11.0. The number of hydrogen-bond acceptors (Lipinski definition) is 1. The van der Waals surface area contributed by atoms with E-state index in [2.05, 4.69) is 26.0 Å². The second-order valence-corrected chi connectivity index (χ2v) is 5.79. The quantitative estimate of drug-likeness (QED) is 0.841. The first kappa shape index (κ1) is 13.5. The number of rotatable bonds is 2. The Kier molecular flexibility index (Phi) is 3.45. The molecule has 1 aliphatic carbocycles. The lowest BCUT2D eigenvalue weighted by molar-refractivity contribution is -0.0514. The van der Waals surface area contributed by atoms with E-state index >= 15 is 0 Å². The third-order valence-corrected chi connectivity index (χ3v) is 4.03. The summed E-state index contributed by atoms with van der Waals surface area (Å²) in [7, 11) is 0. The van der Waals surface area contributed by atoms with Gasteiger partial charge in [-0.2, -0.15) is 0 Å². The van der Waals surface area contributed by atoms with Gasteiger partial charge in [0, 0.05) is 18.4 Å². The van der Waals surface area contributed by atoms with Crippen molar-refractivity contribution >= 4 is 0 Å². The van der Waals surface area contributed by atoms with Crippen LogP contribution in [0.4, 0.5) is 8.78 Å². The van der Waals surface area contributed by atoms with Gasteiger partial charge < -0.3 is 5.73 Å². The lowest BCUT2D eigenvalue weighted by atomic mass is 9.76. The van der Waals surface area contributed by atoms with E-state index in [1.54, 1.807) is 0 Å². The smallest absolute Gasteiger partial charge is 0.248 e. The fourth-order valence-corrected chi connectivity index (χ4v) is 2.55. The van der Waals surface area contributed by atoms with Gasteiger partial charge in [0.25, 0.3) is 0 Å². The van der Waals surface area contributed by atoms with Crippen LogP contribution in [0.3, 0.4) is 0 Å². The summed E-state index contributed by atoms with van der Waals surface area (Å²) in [5.41, 5.74) is 7.96. The standard InChI is InChI=1S/C15H21F2N/c1-11(2)12-3-5-13(6-4-12)14(18)7-9-15(16,17)10-8-14/h3-6,11H,7-10,18H2,1-2H3. The summed E-state index contributed by atoms with van der Waals surface area (Å²) >= 11 is 0. The first-order valence-electron chi connectivity index (χ1n) is 6.60. The van der Waals surface area contributed by atoms with Crippen LogP contribution in [0.2, 0.25) is 0 Å². The van der Waals surface area contributed by atoms with E-state index in [1.807, 2.05) is 12.1 Å². The van der Waals surface area contributed by atoms with Crippen LogP contribution in [-0.2, 0) is 5.54 Å². The summed E-state index contributed by atoms with van der Waals surface area (Å²) in [6, 6.07) is 8.11. The van der Waals surface area contributed by atoms with Gasteiger partial charge in [-0.05, 0) is 29.9 Å². The maximum absolute atomic E-state index is 13.2. The van der Waals surface area contributed by atoms with Crippen molar-refractivity contribution in [2.45, 2.75) is 56.9 Å². The van der Waals surface area contributed by atoms with Crippen LogP contribution >= 0.6 is 0 Å². The molecule has 0 saturated heterocycles. The Bertz CT molecular complexity index is 399. The SMILES string of the molecule is CC(C)c1ccc(C2(N)CCC(F)(F)CC2)cc1. The van der Waals surface area contributed by atoms with Crippen LogP contribution < -0.4 is 5.73 Å². The van der Waals surface area contributed by atoms with Gasteiger partial charge in [-0.25, -0.2) is 8.78 Å². The molecule has 2 N–H and O–H groups in total. The molecule has 0 spiro atoms. The number of nitrogens with two attached hydrogens (primary N) is 1. The molecule has 18 heavy (non-hydrogen) atoms. The average Bonchev–Trinajstić information content (AvgIpc) is 2.34. The van der Waals surface area contributed by atoms with Gasteiger partial charge in [-0.15, -0.1) is 0 Å². The summed E-state index contributed by atoms with van der Waals surface area (Å²) in [5, 5.41) is 0. The van der Waals surface area contributed by atoms with E-state index in [4.69, 9.17) is 5.73 Å². The van der Waals surface area contributed by atoms with Crippen LogP contribution in [0.5, 0.6) is 0 Å². The number of alkyl halides is 2. The Balaban J connectivity index is 2.16. The second kappa shape index (κ2) is 4.61. The molecule has 1 saturated carbocycles. The molecule has 0 amide bonds. The van der Waals surface area contributed by atoms with Crippen LogP contribution in [0.25, 0.3) is 0 Å². The molecule has 0 unspecified atom stereocenters. The van der Waals surface area contributed by atoms with E-state index in [9.17, 15) is 8.78 Å². The van der Waals surface area contributed by atoms with Gasteiger partial charge in [0.2, 0.25) is 5.92 Å². The average molecular weight is 253 g/mol. The summed E-state index contributed by atoms with van der Waals surface area (Å²) in [6.07, 6.45) is 0.521. The van der Waals surface area contributed by atoms with Gasteiger partial charge in [-0.3, -0.25) is 0 Å². The predicted molar refractivity (Wildman–Crippen MR) is 69.8 cm³/mol. The molecule has 1 aromatic carbocycles. The van der Waals surface area contributed by atoms with Crippen molar-refractivity contribution in [1.82, 2.24) is 0 Å². The van der Waals surface area contributed by atoms with Gasteiger partial charge in [-0.1, -0.05) is 38.1 Å². The Morgan fingerprint density at radius 1 is 1.00 bits per heavy atom. The Labute approximate surface area is 107 Å². The molecule has 1 nitrogen and oxygen atoms in total. The Morgan fingerprint density at radius 2 is 1.50 bits per heavy atom. The zero-order chi connectivity index (χ0) is 13.4. The highest BCUT2D eigenvalue weighted by molar-refractivity contribution is 5.30. The fourth-order valence-electron chi connectivity index (χ4n) is 2.55. The third-order valence-electron chi connectivity index (χ3n) is 4.03. The molecule has 0 atom stereocenters. The monoisotopic (exact) mass is 253 g/mol. The van der Waals surface area contributed by atoms with E-state index in [-0.39, 0.29) is 12.8 Å². The van der Waals surface area contributed by atoms with Crippen molar-refractivity contribution in [1.29, 1.82) is 0 Å². The molecule has 0 radical (unpaired) electrons. The minimum Gasteiger partial charge on any atom is -0.321 e. The minimum atomic E-state index is -2.53. The van der Waals surface area contributed by atoms with E-state index in [0.29, 0.717) is 18.8 Å². The lowest BCUT2D eigenvalue weighted by Crippen LogP contribution is -2.43. The summed E-state index contributed by atoms with van der Waals surface area (Å²) in [6.45, 7) is 4.27. The first-order chi connectivity index (χ1) is 8.32. The number of hydrogen-bond donors (Lipinski definition) is 1. The Hall–Kier alpha value is -0.960. The molecular weight excluding hydrogens is 232 g/mol. The van der Waals surface area contributed by atoms with Crippen molar-refractivity contribution in [3.63, 3.8) is 0 Å². The molecule has 0 bridgehead atoms. The van der Waals surface area contributed by atoms with Crippen LogP contribution in [0, 0.1) is 0 Å². The normalized spacial score (nSPS) is 22.1. The topological polar surface area (TPSA) is 26.0 Å². The molecule has 0 aromatic heterocycles. The molecule has 3 heteroatoms. The highest BCUT2D eigenvalue weighted by atomic mass is 19.3. The zero-order valence-corrected chi connectivity index (χ0v) is 11.0. The summed E-state index contributed by atoms with van der Waals surface area (Å²) < 4.78 is 26.4. The van der Waals surface area contributed by atoms with Crippen molar-refractivity contribution in [3.8, 4) is 0 Å². The van der Waals surface area contributed by atoms with E-state index < -0.39 is 11.5 Å². The largest absolute Gasteiger partial charge is 0.321 e. The number of halogens is 2. The first-order valence-corrected chi connectivity index (χ1v) is 6.60. The number of benzene rings is 1. The maximum Gasteiger partial charge on any atom is 0.248 e. The van der Waals surface area contributed by atoms with Gasteiger partial charge in [0.15, 0.2) is 0 Å². The van der Waals surface area contributed by atoms with Gasteiger partial charge in [0.05, 0.1) is 0 Å². The molecular formula is C15H21F2N. The molecule has 0 heterocycles. The van der Waals surface area contributed by atoms with E-state index in [1.165, 1.54) is 5.56 Å². The summed E-state index contributed by atoms with van der Waals surface area (Å²) in [5.74, 6) is -2.05. The van der Waals surface area contributed by atoms with Gasteiger partial charge >= 0.3 is 0 Å². The van der Waals surface area contributed by atoms with Crippen molar-refractivity contribution in [2.24, 2.45) is 5.73 Å². The van der Waals surface area contributed by atoms with Crippen LogP contribution in [0.1, 0.15) is 56.6 Å². The Morgan fingerprint density at radius 3 is 1.94 bits per heavy atom. The lowest BCUT2D eigenvalue weighted by Gasteiger charge is -2.37. The second-order valence-electron chi connectivity index (χ2n) is 5.79. The highest BCUT2D eigenvalue weighted by Crippen LogP contribution is 2.42. The fraction of sp³-hybridized carbons (Fsp3) is 0.600. The van der Waals surface area contributed by atoms with Crippen LogP contribution in [0.15, 0.2) is 24.3 Å². The molecule has 0 aliphatic heterocycles. The predicted octanol–water partition coefficient (Wildman–Crippen LogP) is 4.17. The van der Waals surface area contributed by atoms with Crippen molar-refractivity contribution in [3.05, 3.63) is 35.4 Å². The molecule has 1 fully saturated rings. The molecule has 1 aliphatic rings. The van der Waals surface area contributed by atoms with Gasteiger partial charge in [0.1, 0.15) is 0 Å². The van der Waals surface area contributed by atoms with Crippen molar-refractivity contribution < 1.29 is 8.78 Å². The van der Waals surface area contributed by atoms with E-state index in [0.717, 1.165) is 5.56 Å². The molecule has 2 rings (SSSR count). The summed E-state index contributed by atoms with van der Waals surface area (Å²) in [4.78, 5) is 0. The van der Waals surface area contributed by atoms with Crippen LogP contribution in [-0.4, -0.2) is 5.92 Å².